The molecule has 2 atom stereocenters. The van der Waals surface area contributed by atoms with E-state index in [1.54, 1.807) is 0 Å². The summed E-state index contributed by atoms with van der Waals surface area (Å²) in [7, 11) is 0. The zero-order valence-corrected chi connectivity index (χ0v) is 14.1. The van der Waals surface area contributed by atoms with E-state index in [9.17, 15) is 4.79 Å². The molecule has 4 heteroatoms. The smallest absolute Gasteiger partial charge is 0.223 e. The molecule has 1 aromatic rings. The molecule has 22 heavy (non-hydrogen) atoms. The fraction of sp³-hybridized carbons (Fsp3) is 0.611. The highest BCUT2D eigenvalue weighted by Crippen LogP contribution is 2.36. The molecule has 2 saturated heterocycles. The van der Waals surface area contributed by atoms with Gasteiger partial charge in [0.05, 0.1) is 6.04 Å². The molecule has 3 rings (SSSR count). The Kier molecular flexibility index (Phi) is 5.42. The maximum absolute atomic E-state index is 12.9. The molecule has 0 spiro atoms. The van der Waals surface area contributed by atoms with Gasteiger partial charge in [0.15, 0.2) is 0 Å². The quantitative estimate of drug-likeness (QED) is 0.929. The SMILES string of the molecule is C[C@H]1SCCN(C(=O)CC2CCNCC2)[C@@H]1c1ccccc1. The average molecular weight is 318 g/mol. The standard InChI is InChI=1S/C18H26N2OS/c1-14-18(16-5-3-2-4-6-16)20(11-12-22-14)17(21)13-15-7-9-19-10-8-15/h2-6,14-15,18-19H,7-13H2,1H3/t14-,18+/m1/s1. The first-order valence-electron chi connectivity index (χ1n) is 8.42. The van der Waals surface area contributed by atoms with Crippen LogP contribution in [0, 0.1) is 5.92 Å². The minimum absolute atomic E-state index is 0.231. The Labute approximate surface area is 137 Å². The van der Waals surface area contributed by atoms with E-state index >= 15 is 0 Å². The first-order valence-corrected chi connectivity index (χ1v) is 9.47. The van der Waals surface area contributed by atoms with Crippen LogP contribution < -0.4 is 5.32 Å². The van der Waals surface area contributed by atoms with Crippen molar-refractivity contribution in [1.82, 2.24) is 10.2 Å². The number of amides is 1. The maximum atomic E-state index is 12.9. The number of nitrogens with one attached hydrogen (secondary N) is 1. The van der Waals surface area contributed by atoms with Crippen molar-refractivity contribution in [1.29, 1.82) is 0 Å². The summed E-state index contributed by atoms with van der Waals surface area (Å²) in [6.45, 7) is 5.27. The molecule has 1 N–H and O–H groups in total. The Morgan fingerprint density at radius 1 is 1.27 bits per heavy atom. The molecule has 1 aromatic carbocycles. The van der Waals surface area contributed by atoms with Crippen molar-refractivity contribution in [3.8, 4) is 0 Å². The Morgan fingerprint density at radius 2 is 2.00 bits per heavy atom. The summed E-state index contributed by atoms with van der Waals surface area (Å²) in [6.07, 6.45) is 3.00. The van der Waals surface area contributed by atoms with Crippen LogP contribution in [0.4, 0.5) is 0 Å². The summed E-state index contributed by atoms with van der Waals surface area (Å²) in [5.41, 5.74) is 1.28. The number of carbonyl (C=O) groups is 1. The number of carbonyl (C=O) groups excluding carboxylic acids is 1. The Morgan fingerprint density at radius 3 is 2.73 bits per heavy atom. The van der Waals surface area contributed by atoms with E-state index in [4.69, 9.17) is 0 Å². The lowest BCUT2D eigenvalue weighted by molar-refractivity contribution is -0.134. The third-order valence-corrected chi connectivity index (χ3v) is 6.08. The van der Waals surface area contributed by atoms with Gasteiger partial charge >= 0.3 is 0 Å². The molecule has 120 valence electrons. The van der Waals surface area contributed by atoms with Crippen molar-refractivity contribution in [2.24, 2.45) is 5.92 Å². The predicted octanol–water partition coefficient (Wildman–Crippen LogP) is 3.08. The Bertz CT molecular complexity index is 487. The molecule has 2 fully saturated rings. The highest BCUT2D eigenvalue weighted by atomic mass is 32.2. The van der Waals surface area contributed by atoms with E-state index < -0.39 is 0 Å². The van der Waals surface area contributed by atoms with Gasteiger partial charge in [0, 0.05) is 24.0 Å². The highest BCUT2D eigenvalue weighted by Gasteiger charge is 2.34. The largest absolute Gasteiger partial charge is 0.334 e. The minimum Gasteiger partial charge on any atom is -0.334 e. The van der Waals surface area contributed by atoms with Gasteiger partial charge in [0.25, 0.3) is 0 Å². The van der Waals surface area contributed by atoms with Crippen LogP contribution in [0.2, 0.25) is 0 Å². The maximum Gasteiger partial charge on any atom is 0.223 e. The van der Waals surface area contributed by atoms with E-state index in [-0.39, 0.29) is 6.04 Å². The van der Waals surface area contributed by atoms with E-state index in [2.05, 4.69) is 41.4 Å². The second kappa shape index (κ2) is 7.51. The lowest BCUT2D eigenvalue weighted by Crippen LogP contribution is -2.45. The molecule has 0 bridgehead atoms. The van der Waals surface area contributed by atoms with Crippen molar-refractivity contribution >= 4 is 17.7 Å². The summed E-state index contributed by atoms with van der Waals surface area (Å²) < 4.78 is 0. The molecule has 1 amide bonds. The van der Waals surface area contributed by atoms with Gasteiger partial charge in [0.2, 0.25) is 5.91 Å². The normalized spacial score (nSPS) is 26.9. The molecule has 3 nitrogen and oxygen atoms in total. The highest BCUT2D eigenvalue weighted by molar-refractivity contribution is 8.00. The van der Waals surface area contributed by atoms with Crippen LogP contribution in [0.25, 0.3) is 0 Å². The summed E-state index contributed by atoms with van der Waals surface area (Å²) in [5.74, 6) is 1.98. The fourth-order valence-electron chi connectivity index (χ4n) is 3.65. The van der Waals surface area contributed by atoms with Crippen LogP contribution >= 0.6 is 11.8 Å². The van der Waals surface area contributed by atoms with Gasteiger partial charge in [-0.25, -0.2) is 0 Å². The molecule has 2 heterocycles. The zero-order chi connectivity index (χ0) is 15.4. The van der Waals surface area contributed by atoms with Gasteiger partial charge in [-0.3, -0.25) is 4.79 Å². The van der Waals surface area contributed by atoms with Crippen LogP contribution in [0.15, 0.2) is 30.3 Å². The summed E-state index contributed by atoms with van der Waals surface area (Å²) in [5, 5.41) is 3.85. The second-order valence-electron chi connectivity index (χ2n) is 6.42. The number of nitrogens with zero attached hydrogens (tertiary/aromatic N) is 1. The first kappa shape index (κ1) is 15.9. The number of benzene rings is 1. The zero-order valence-electron chi connectivity index (χ0n) is 13.3. The molecule has 0 aliphatic carbocycles. The number of hydrogen-bond donors (Lipinski definition) is 1. The minimum atomic E-state index is 0.231. The van der Waals surface area contributed by atoms with Crippen LogP contribution in [0.3, 0.4) is 0 Å². The van der Waals surface area contributed by atoms with Crippen LogP contribution in [0.1, 0.15) is 37.8 Å². The van der Waals surface area contributed by atoms with Gasteiger partial charge in [-0.05, 0) is 37.4 Å². The van der Waals surface area contributed by atoms with Gasteiger partial charge < -0.3 is 10.2 Å². The lowest BCUT2D eigenvalue weighted by atomic mass is 9.93. The van der Waals surface area contributed by atoms with Gasteiger partial charge in [0.1, 0.15) is 0 Å². The monoisotopic (exact) mass is 318 g/mol. The van der Waals surface area contributed by atoms with Crippen molar-refractivity contribution in [2.45, 2.75) is 37.5 Å². The summed E-state index contributed by atoms with van der Waals surface area (Å²) in [4.78, 5) is 15.0. The molecule has 2 aliphatic heterocycles. The predicted molar refractivity (Wildman–Crippen MR) is 93.0 cm³/mol. The Balaban J connectivity index is 1.72. The molecule has 0 aromatic heterocycles. The number of piperidine rings is 1. The van der Waals surface area contributed by atoms with Crippen molar-refractivity contribution in [2.75, 3.05) is 25.4 Å². The molecular formula is C18H26N2OS. The number of hydrogen-bond acceptors (Lipinski definition) is 3. The third kappa shape index (κ3) is 3.66. The molecule has 2 aliphatic rings. The molecular weight excluding hydrogens is 292 g/mol. The number of rotatable bonds is 3. The average Bonchev–Trinajstić information content (AvgIpc) is 2.56. The van der Waals surface area contributed by atoms with E-state index in [1.165, 1.54) is 5.56 Å². The van der Waals surface area contributed by atoms with Gasteiger partial charge in [-0.15, -0.1) is 0 Å². The fourth-order valence-corrected chi connectivity index (χ4v) is 4.81. The molecule has 0 unspecified atom stereocenters. The number of thioether (sulfide) groups is 1. The van der Waals surface area contributed by atoms with E-state index in [0.29, 0.717) is 17.1 Å². The Hall–Kier alpha value is -1.00. The summed E-state index contributed by atoms with van der Waals surface area (Å²) >= 11 is 1.98. The van der Waals surface area contributed by atoms with Crippen LogP contribution in [0.5, 0.6) is 0 Å². The van der Waals surface area contributed by atoms with E-state index in [0.717, 1.165) is 44.6 Å². The second-order valence-corrected chi connectivity index (χ2v) is 7.90. The van der Waals surface area contributed by atoms with Crippen molar-refractivity contribution in [3.63, 3.8) is 0 Å². The van der Waals surface area contributed by atoms with Crippen LogP contribution in [-0.2, 0) is 4.79 Å². The van der Waals surface area contributed by atoms with Gasteiger partial charge in [-0.2, -0.15) is 11.8 Å². The lowest BCUT2D eigenvalue weighted by Gasteiger charge is -2.41. The molecule has 0 radical (unpaired) electrons. The first-order chi connectivity index (χ1) is 10.8. The third-order valence-electron chi connectivity index (χ3n) is 4.88. The van der Waals surface area contributed by atoms with Crippen molar-refractivity contribution < 1.29 is 4.79 Å². The topological polar surface area (TPSA) is 32.3 Å². The molecule has 0 saturated carbocycles. The van der Waals surface area contributed by atoms with Gasteiger partial charge in [-0.1, -0.05) is 37.3 Å². The van der Waals surface area contributed by atoms with E-state index in [1.807, 2.05) is 17.8 Å². The van der Waals surface area contributed by atoms with Crippen LogP contribution in [-0.4, -0.2) is 41.4 Å². The summed E-state index contributed by atoms with van der Waals surface area (Å²) in [6, 6.07) is 10.8. The van der Waals surface area contributed by atoms with Crippen molar-refractivity contribution in [3.05, 3.63) is 35.9 Å².